The number of rotatable bonds is 3. The van der Waals surface area contributed by atoms with Crippen molar-refractivity contribution in [2.24, 2.45) is 5.73 Å². The second-order valence-electron chi connectivity index (χ2n) is 3.49. The molecule has 0 fully saturated rings. The monoisotopic (exact) mass is 345 g/mol. The van der Waals surface area contributed by atoms with Crippen molar-refractivity contribution < 1.29 is 18.3 Å². The second-order valence-corrected chi connectivity index (χ2v) is 4.34. The fraction of sp³-hybridized carbons (Fsp3) is 0.273. The van der Waals surface area contributed by atoms with Crippen molar-refractivity contribution in [3.63, 3.8) is 0 Å². The van der Waals surface area contributed by atoms with Gasteiger partial charge in [-0.05, 0) is 34.5 Å². The standard InChI is InChI=1S/C11H11BrF3NO.ClH/c1-2-3-8(16)9-6(11(13,14)15)4-5-7(12)10(9)17;/h2,4-5,8,17H,1,3,16H2;1H/t8-;/m0./s1. The molecule has 0 heterocycles. The van der Waals surface area contributed by atoms with Gasteiger partial charge in [-0.3, -0.25) is 0 Å². The van der Waals surface area contributed by atoms with Crippen molar-refractivity contribution >= 4 is 28.3 Å². The van der Waals surface area contributed by atoms with Gasteiger partial charge in [-0.1, -0.05) is 6.08 Å². The normalized spacial score (nSPS) is 12.7. The summed E-state index contributed by atoms with van der Waals surface area (Å²) in [4.78, 5) is 0. The van der Waals surface area contributed by atoms with Crippen LogP contribution in [0.4, 0.5) is 13.2 Å². The average Bonchev–Trinajstić information content (AvgIpc) is 2.20. The summed E-state index contributed by atoms with van der Waals surface area (Å²) in [6, 6.07) is 1.09. The number of alkyl halides is 3. The number of benzene rings is 1. The molecular weight excluding hydrogens is 334 g/mol. The number of nitrogens with two attached hydrogens (primary N) is 1. The van der Waals surface area contributed by atoms with Crippen LogP contribution in [0, 0.1) is 0 Å². The predicted molar refractivity (Wildman–Crippen MR) is 69.8 cm³/mol. The number of aromatic hydroxyl groups is 1. The van der Waals surface area contributed by atoms with Crippen LogP contribution in [0.1, 0.15) is 23.6 Å². The van der Waals surface area contributed by atoms with Crippen LogP contribution in [-0.2, 0) is 6.18 Å². The van der Waals surface area contributed by atoms with Gasteiger partial charge in [-0.2, -0.15) is 13.2 Å². The maximum Gasteiger partial charge on any atom is 0.416 e. The van der Waals surface area contributed by atoms with Crippen LogP contribution < -0.4 is 5.73 Å². The summed E-state index contributed by atoms with van der Waals surface area (Å²) in [6.45, 7) is 3.42. The lowest BCUT2D eigenvalue weighted by Crippen LogP contribution is -2.17. The Bertz CT molecular complexity index is 437. The first-order valence-electron chi connectivity index (χ1n) is 4.74. The van der Waals surface area contributed by atoms with Crippen molar-refractivity contribution in [3.05, 3.63) is 40.4 Å². The average molecular weight is 347 g/mol. The van der Waals surface area contributed by atoms with Gasteiger partial charge in [0.15, 0.2) is 0 Å². The molecule has 0 bridgehead atoms. The van der Waals surface area contributed by atoms with E-state index in [-0.39, 0.29) is 28.9 Å². The molecule has 7 heteroatoms. The second kappa shape index (κ2) is 6.45. The highest BCUT2D eigenvalue weighted by Crippen LogP contribution is 2.42. The molecular formula is C11H12BrClF3NO. The molecule has 0 amide bonds. The van der Waals surface area contributed by atoms with Crippen LogP contribution in [0.3, 0.4) is 0 Å². The molecule has 0 aliphatic carbocycles. The molecule has 0 aromatic heterocycles. The molecule has 1 aromatic carbocycles. The summed E-state index contributed by atoms with van der Waals surface area (Å²) >= 11 is 2.97. The van der Waals surface area contributed by atoms with Crippen LogP contribution >= 0.6 is 28.3 Å². The molecule has 0 spiro atoms. The van der Waals surface area contributed by atoms with Gasteiger partial charge in [-0.15, -0.1) is 19.0 Å². The smallest absolute Gasteiger partial charge is 0.416 e. The largest absolute Gasteiger partial charge is 0.506 e. The van der Waals surface area contributed by atoms with E-state index in [1.54, 1.807) is 0 Å². The molecule has 0 saturated carbocycles. The van der Waals surface area contributed by atoms with E-state index >= 15 is 0 Å². The summed E-state index contributed by atoms with van der Waals surface area (Å²) in [5.74, 6) is -0.478. The van der Waals surface area contributed by atoms with Crippen molar-refractivity contribution in [1.29, 1.82) is 0 Å². The summed E-state index contributed by atoms with van der Waals surface area (Å²) in [5.41, 5.74) is 4.38. The Kier molecular flexibility index (Phi) is 6.19. The molecule has 0 unspecified atom stereocenters. The van der Waals surface area contributed by atoms with Gasteiger partial charge in [0.2, 0.25) is 0 Å². The molecule has 1 rings (SSSR count). The third-order valence-electron chi connectivity index (χ3n) is 2.26. The number of halogens is 5. The maximum atomic E-state index is 12.8. The molecule has 0 aliphatic rings. The quantitative estimate of drug-likeness (QED) is 0.807. The zero-order valence-electron chi connectivity index (χ0n) is 9.17. The third kappa shape index (κ3) is 3.63. The van der Waals surface area contributed by atoms with Gasteiger partial charge < -0.3 is 10.8 Å². The summed E-state index contributed by atoms with van der Waals surface area (Å²) < 4.78 is 38.4. The van der Waals surface area contributed by atoms with Gasteiger partial charge >= 0.3 is 6.18 Å². The Labute approximate surface area is 117 Å². The van der Waals surface area contributed by atoms with Crippen LogP contribution in [0.25, 0.3) is 0 Å². The predicted octanol–water partition coefficient (Wildman–Crippen LogP) is 4.17. The minimum absolute atomic E-state index is 0. The van der Waals surface area contributed by atoms with Crippen LogP contribution in [0.2, 0.25) is 0 Å². The summed E-state index contributed by atoms with van der Waals surface area (Å²) in [5, 5.41) is 9.68. The number of hydrogen-bond acceptors (Lipinski definition) is 2. The van der Waals surface area contributed by atoms with E-state index in [2.05, 4.69) is 22.5 Å². The van der Waals surface area contributed by atoms with Gasteiger partial charge in [-0.25, -0.2) is 0 Å². The molecule has 18 heavy (non-hydrogen) atoms. The van der Waals surface area contributed by atoms with Gasteiger partial charge in [0.1, 0.15) is 5.75 Å². The van der Waals surface area contributed by atoms with E-state index in [9.17, 15) is 18.3 Å². The Balaban J connectivity index is 0.00000289. The molecule has 0 saturated heterocycles. The fourth-order valence-corrected chi connectivity index (χ4v) is 1.85. The van der Waals surface area contributed by atoms with Crippen LogP contribution in [0.15, 0.2) is 29.3 Å². The van der Waals surface area contributed by atoms with Crippen molar-refractivity contribution in [3.8, 4) is 5.75 Å². The summed E-state index contributed by atoms with van der Waals surface area (Å²) in [7, 11) is 0. The van der Waals surface area contributed by atoms with E-state index in [1.165, 1.54) is 6.08 Å². The van der Waals surface area contributed by atoms with E-state index in [0.29, 0.717) is 0 Å². The fourth-order valence-electron chi connectivity index (χ4n) is 1.50. The summed E-state index contributed by atoms with van der Waals surface area (Å²) in [6.07, 6.45) is -3.00. The maximum absolute atomic E-state index is 12.8. The molecule has 2 nitrogen and oxygen atoms in total. The Morgan fingerprint density at radius 2 is 2.00 bits per heavy atom. The minimum Gasteiger partial charge on any atom is -0.506 e. The van der Waals surface area contributed by atoms with Crippen molar-refractivity contribution in [2.75, 3.05) is 0 Å². The lowest BCUT2D eigenvalue weighted by atomic mass is 9.97. The Morgan fingerprint density at radius 1 is 1.44 bits per heavy atom. The highest BCUT2D eigenvalue weighted by atomic mass is 79.9. The van der Waals surface area contributed by atoms with Gasteiger partial charge in [0, 0.05) is 11.6 Å². The van der Waals surface area contributed by atoms with Gasteiger partial charge in [0.05, 0.1) is 10.0 Å². The zero-order chi connectivity index (χ0) is 13.2. The Morgan fingerprint density at radius 3 is 2.44 bits per heavy atom. The number of phenolic OH excluding ortho intramolecular Hbond substituents is 1. The topological polar surface area (TPSA) is 46.2 Å². The van der Waals surface area contributed by atoms with Gasteiger partial charge in [0.25, 0.3) is 0 Å². The van der Waals surface area contributed by atoms with Crippen LogP contribution in [0.5, 0.6) is 5.75 Å². The molecule has 0 radical (unpaired) electrons. The first kappa shape index (κ1) is 17.3. The van der Waals surface area contributed by atoms with Crippen molar-refractivity contribution in [2.45, 2.75) is 18.6 Å². The highest BCUT2D eigenvalue weighted by Gasteiger charge is 2.36. The number of hydrogen-bond donors (Lipinski definition) is 2. The van der Waals surface area contributed by atoms with E-state index in [4.69, 9.17) is 5.73 Å². The molecule has 1 aromatic rings. The Hall–Kier alpha value is -0.720. The lowest BCUT2D eigenvalue weighted by molar-refractivity contribution is -0.138. The molecule has 0 aliphatic heterocycles. The molecule has 3 N–H and O–H groups in total. The molecule has 1 atom stereocenters. The number of phenols is 1. The first-order valence-corrected chi connectivity index (χ1v) is 5.53. The van der Waals surface area contributed by atoms with E-state index in [1.807, 2.05) is 0 Å². The van der Waals surface area contributed by atoms with E-state index < -0.39 is 23.5 Å². The highest BCUT2D eigenvalue weighted by molar-refractivity contribution is 9.10. The van der Waals surface area contributed by atoms with E-state index in [0.717, 1.165) is 12.1 Å². The van der Waals surface area contributed by atoms with Crippen LogP contribution in [-0.4, -0.2) is 5.11 Å². The van der Waals surface area contributed by atoms with Crippen molar-refractivity contribution in [1.82, 2.24) is 0 Å². The molecule has 102 valence electrons. The first-order chi connectivity index (χ1) is 7.79. The lowest BCUT2D eigenvalue weighted by Gasteiger charge is -2.19. The zero-order valence-corrected chi connectivity index (χ0v) is 11.6. The SMILES string of the molecule is C=CC[C@H](N)c1c(C(F)(F)F)ccc(Br)c1O.Cl. The minimum atomic E-state index is -4.55. The third-order valence-corrected chi connectivity index (χ3v) is 2.90.